The van der Waals surface area contributed by atoms with Crippen molar-refractivity contribution in [3.63, 3.8) is 0 Å². The molecule has 114 valence electrons. The number of allylic oxidation sites excluding steroid dienone is 1. The number of hydrogen-bond acceptors (Lipinski definition) is 3. The molecule has 0 amide bonds. The van der Waals surface area contributed by atoms with E-state index < -0.39 is 0 Å². The van der Waals surface area contributed by atoms with E-state index >= 15 is 0 Å². The van der Waals surface area contributed by atoms with Crippen LogP contribution in [0.15, 0.2) is 29.8 Å². The summed E-state index contributed by atoms with van der Waals surface area (Å²) < 4.78 is 4.66. The van der Waals surface area contributed by atoms with Crippen LogP contribution in [0.2, 0.25) is 0 Å². The summed E-state index contributed by atoms with van der Waals surface area (Å²) in [5.41, 5.74) is 2.08. The molecule has 0 bridgehead atoms. The van der Waals surface area contributed by atoms with Crippen molar-refractivity contribution in [2.75, 3.05) is 12.4 Å². The molecule has 0 radical (unpaired) electrons. The molecule has 21 heavy (non-hydrogen) atoms. The summed E-state index contributed by atoms with van der Waals surface area (Å²) in [6.07, 6.45) is 2.36. The first-order chi connectivity index (χ1) is 9.76. The van der Waals surface area contributed by atoms with Gasteiger partial charge in [-0.05, 0) is 29.2 Å². The van der Waals surface area contributed by atoms with Gasteiger partial charge in [-0.1, -0.05) is 48.8 Å². The molecule has 0 aromatic heterocycles. The SMILES string of the molecule is COC(=O)c1ccc(/C=C(\CBr)C(=O)CC(C)(C)C)cc1. The molecule has 0 saturated heterocycles. The fourth-order valence-corrected chi connectivity index (χ4v) is 2.30. The fraction of sp³-hybridized carbons (Fsp3) is 0.412. The van der Waals surface area contributed by atoms with Crippen molar-refractivity contribution in [3.05, 3.63) is 41.0 Å². The van der Waals surface area contributed by atoms with E-state index in [4.69, 9.17) is 0 Å². The van der Waals surface area contributed by atoms with Crippen LogP contribution in [0.3, 0.4) is 0 Å². The Kier molecular flexibility index (Phi) is 6.34. The minimum atomic E-state index is -0.366. The topological polar surface area (TPSA) is 43.4 Å². The molecule has 0 fully saturated rings. The van der Waals surface area contributed by atoms with Gasteiger partial charge in [0.2, 0.25) is 0 Å². The first-order valence-corrected chi connectivity index (χ1v) is 7.87. The van der Waals surface area contributed by atoms with Crippen LogP contribution in [0.4, 0.5) is 0 Å². The number of hydrogen-bond donors (Lipinski definition) is 0. The van der Waals surface area contributed by atoms with Crippen LogP contribution in [-0.2, 0) is 9.53 Å². The minimum Gasteiger partial charge on any atom is -0.465 e. The molecule has 0 spiro atoms. The number of alkyl halides is 1. The van der Waals surface area contributed by atoms with Gasteiger partial charge < -0.3 is 4.74 Å². The predicted octanol–water partition coefficient (Wildman–Crippen LogP) is 4.26. The number of benzene rings is 1. The van der Waals surface area contributed by atoms with E-state index in [2.05, 4.69) is 20.7 Å². The van der Waals surface area contributed by atoms with Crippen LogP contribution in [0.25, 0.3) is 6.08 Å². The van der Waals surface area contributed by atoms with Crippen LogP contribution in [0.1, 0.15) is 43.1 Å². The van der Waals surface area contributed by atoms with Gasteiger partial charge in [-0.25, -0.2) is 4.79 Å². The van der Waals surface area contributed by atoms with Gasteiger partial charge in [-0.15, -0.1) is 0 Å². The lowest BCUT2D eigenvalue weighted by atomic mass is 9.87. The summed E-state index contributed by atoms with van der Waals surface area (Å²) >= 11 is 3.37. The fourth-order valence-electron chi connectivity index (χ4n) is 1.82. The highest BCUT2D eigenvalue weighted by atomic mass is 79.9. The third-order valence-electron chi connectivity index (χ3n) is 2.87. The number of ketones is 1. The quantitative estimate of drug-likeness (QED) is 0.451. The van der Waals surface area contributed by atoms with Gasteiger partial charge in [0.05, 0.1) is 12.7 Å². The molecule has 1 aromatic carbocycles. The Morgan fingerprint density at radius 2 is 1.76 bits per heavy atom. The Morgan fingerprint density at radius 3 is 2.19 bits per heavy atom. The number of rotatable bonds is 5. The van der Waals surface area contributed by atoms with Crippen molar-refractivity contribution in [2.24, 2.45) is 5.41 Å². The second-order valence-corrected chi connectivity index (χ2v) is 6.64. The standard InChI is InChI=1S/C17H21BrO3/c1-17(2,3)10-15(19)14(11-18)9-12-5-7-13(8-6-12)16(20)21-4/h5-9H,10-11H2,1-4H3/b14-9+. The molecule has 0 heterocycles. The molecule has 0 saturated carbocycles. The van der Waals surface area contributed by atoms with Crippen molar-refractivity contribution in [3.8, 4) is 0 Å². The zero-order chi connectivity index (χ0) is 16.0. The van der Waals surface area contributed by atoms with E-state index in [0.717, 1.165) is 11.1 Å². The summed E-state index contributed by atoms with van der Waals surface area (Å²) in [5, 5.41) is 0.515. The summed E-state index contributed by atoms with van der Waals surface area (Å²) in [6, 6.07) is 6.99. The van der Waals surface area contributed by atoms with Crippen molar-refractivity contribution in [1.29, 1.82) is 0 Å². The maximum absolute atomic E-state index is 12.2. The lowest BCUT2D eigenvalue weighted by molar-refractivity contribution is -0.117. The van der Waals surface area contributed by atoms with Crippen molar-refractivity contribution in [1.82, 2.24) is 0 Å². The number of halogens is 1. The van der Waals surface area contributed by atoms with Gasteiger partial charge in [0.15, 0.2) is 5.78 Å². The molecule has 0 unspecified atom stereocenters. The Hall–Kier alpha value is -1.42. The van der Waals surface area contributed by atoms with Gasteiger partial charge in [0.1, 0.15) is 0 Å². The largest absolute Gasteiger partial charge is 0.465 e. The maximum atomic E-state index is 12.2. The number of carbonyl (C=O) groups is 2. The number of methoxy groups -OCH3 is 1. The van der Waals surface area contributed by atoms with Gasteiger partial charge in [-0.3, -0.25) is 4.79 Å². The van der Waals surface area contributed by atoms with Crippen LogP contribution >= 0.6 is 15.9 Å². The van der Waals surface area contributed by atoms with Gasteiger partial charge >= 0.3 is 5.97 Å². The molecule has 4 heteroatoms. The lowest BCUT2D eigenvalue weighted by Crippen LogP contribution is -2.15. The number of ether oxygens (including phenoxy) is 1. The molecular formula is C17H21BrO3. The highest BCUT2D eigenvalue weighted by molar-refractivity contribution is 9.09. The summed E-state index contributed by atoms with van der Waals surface area (Å²) in [7, 11) is 1.35. The highest BCUT2D eigenvalue weighted by Crippen LogP contribution is 2.23. The molecular weight excluding hydrogens is 332 g/mol. The average Bonchev–Trinajstić information content (AvgIpc) is 2.42. The molecule has 0 atom stereocenters. The Balaban J connectivity index is 2.93. The summed E-state index contributed by atoms with van der Waals surface area (Å²) in [4.78, 5) is 23.6. The van der Waals surface area contributed by atoms with E-state index in [1.165, 1.54) is 7.11 Å². The number of Topliss-reactive ketones (excluding diaryl/α,β-unsaturated/α-hetero) is 1. The van der Waals surface area contributed by atoms with Crippen LogP contribution < -0.4 is 0 Å². The smallest absolute Gasteiger partial charge is 0.337 e. The molecule has 3 nitrogen and oxygen atoms in total. The second-order valence-electron chi connectivity index (χ2n) is 6.08. The average molecular weight is 353 g/mol. The normalized spacial score (nSPS) is 12.1. The van der Waals surface area contributed by atoms with Crippen molar-refractivity contribution >= 4 is 33.8 Å². The lowest BCUT2D eigenvalue weighted by Gasteiger charge is -2.17. The highest BCUT2D eigenvalue weighted by Gasteiger charge is 2.18. The van der Waals surface area contributed by atoms with Gasteiger partial charge in [0.25, 0.3) is 0 Å². The zero-order valence-electron chi connectivity index (χ0n) is 12.9. The number of carbonyl (C=O) groups excluding carboxylic acids is 2. The molecule has 0 N–H and O–H groups in total. The van der Waals surface area contributed by atoms with E-state index in [1.807, 2.05) is 26.8 Å². The Morgan fingerprint density at radius 1 is 1.19 bits per heavy atom. The number of esters is 1. The first-order valence-electron chi connectivity index (χ1n) is 6.75. The maximum Gasteiger partial charge on any atom is 0.337 e. The molecule has 0 aliphatic carbocycles. The third-order valence-corrected chi connectivity index (χ3v) is 3.47. The summed E-state index contributed by atoms with van der Waals surface area (Å²) in [6.45, 7) is 6.13. The van der Waals surface area contributed by atoms with Crippen molar-refractivity contribution in [2.45, 2.75) is 27.2 Å². The molecule has 1 rings (SSSR count). The zero-order valence-corrected chi connectivity index (χ0v) is 14.5. The first kappa shape index (κ1) is 17.6. The van der Waals surface area contributed by atoms with E-state index in [0.29, 0.717) is 17.3 Å². The van der Waals surface area contributed by atoms with Gasteiger partial charge in [-0.2, -0.15) is 0 Å². The van der Waals surface area contributed by atoms with Crippen LogP contribution in [0.5, 0.6) is 0 Å². The Labute approximate surface area is 134 Å². The molecule has 0 aliphatic rings. The second kappa shape index (κ2) is 7.55. The van der Waals surface area contributed by atoms with E-state index in [1.54, 1.807) is 24.3 Å². The van der Waals surface area contributed by atoms with E-state index in [9.17, 15) is 9.59 Å². The minimum absolute atomic E-state index is 0.0346. The predicted molar refractivity (Wildman–Crippen MR) is 88.6 cm³/mol. The van der Waals surface area contributed by atoms with Crippen LogP contribution in [0, 0.1) is 5.41 Å². The Bertz CT molecular complexity index is 536. The van der Waals surface area contributed by atoms with Crippen molar-refractivity contribution < 1.29 is 14.3 Å². The molecule has 1 aromatic rings. The summed E-state index contributed by atoms with van der Waals surface area (Å²) in [5.74, 6) is -0.230. The molecule has 0 aliphatic heterocycles. The van der Waals surface area contributed by atoms with Gasteiger partial charge in [0, 0.05) is 17.3 Å². The van der Waals surface area contributed by atoms with Crippen LogP contribution in [-0.4, -0.2) is 24.2 Å². The monoisotopic (exact) mass is 352 g/mol. The third kappa shape index (κ3) is 5.84. The van der Waals surface area contributed by atoms with E-state index in [-0.39, 0.29) is 17.2 Å².